The third-order valence-electron chi connectivity index (χ3n) is 4.21. The quantitative estimate of drug-likeness (QED) is 0.534. The second-order valence-corrected chi connectivity index (χ2v) is 6.43. The van der Waals surface area contributed by atoms with Crippen molar-refractivity contribution in [1.29, 1.82) is 0 Å². The molecule has 4 rings (SSSR count). The fraction of sp³-hybridized carbons (Fsp3) is 0.158. The smallest absolute Gasteiger partial charge is 0.0175 e. The van der Waals surface area contributed by atoms with Gasteiger partial charge in [-0.25, -0.2) is 0 Å². The number of hydrogen-bond acceptors (Lipinski definition) is 0. The predicted molar refractivity (Wildman–Crippen MR) is 89.1 cm³/mol. The normalized spacial score (nSPS) is 13.7. The van der Waals surface area contributed by atoms with Gasteiger partial charge < -0.3 is 0 Å². The molecule has 20 heavy (non-hydrogen) atoms. The van der Waals surface area contributed by atoms with Crippen LogP contribution < -0.4 is 0 Å². The molecule has 0 aromatic heterocycles. The van der Waals surface area contributed by atoms with Gasteiger partial charge in [0, 0.05) is 4.47 Å². The first-order valence-corrected chi connectivity index (χ1v) is 7.91. The summed E-state index contributed by atoms with van der Waals surface area (Å²) in [6, 6.07) is 20.0. The zero-order chi connectivity index (χ0) is 13.5. The maximum Gasteiger partial charge on any atom is 0.0175 e. The van der Waals surface area contributed by atoms with Crippen molar-refractivity contribution in [2.75, 3.05) is 0 Å². The van der Waals surface area contributed by atoms with Gasteiger partial charge in [0.15, 0.2) is 0 Å². The number of rotatable bonds is 1. The van der Waals surface area contributed by atoms with Crippen molar-refractivity contribution in [3.8, 4) is 11.1 Å². The van der Waals surface area contributed by atoms with E-state index in [0.717, 1.165) is 4.47 Å². The zero-order valence-corrected chi connectivity index (χ0v) is 12.8. The molecule has 98 valence electrons. The van der Waals surface area contributed by atoms with Crippen LogP contribution in [0.25, 0.3) is 21.9 Å². The van der Waals surface area contributed by atoms with Crippen LogP contribution in [-0.2, 0) is 12.8 Å². The van der Waals surface area contributed by atoms with Crippen LogP contribution in [0.1, 0.15) is 17.5 Å². The molecule has 0 bridgehead atoms. The van der Waals surface area contributed by atoms with Gasteiger partial charge in [-0.3, -0.25) is 0 Å². The Morgan fingerprint density at radius 1 is 0.750 bits per heavy atom. The van der Waals surface area contributed by atoms with Gasteiger partial charge in [-0.05, 0) is 70.5 Å². The highest BCUT2D eigenvalue weighted by Gasteiger charge is 2.13. The van der Waals surface area contributed by atoms with Crippen molar-refractivity contribution in [2.24, 2.45) is 0 Å². The van der Waals surface area contributed by atoms with Crippen LogP contribution in [0.2, 0.25) is 0 Å². The van der Waals surface area contributed by atoms with Crippen molar-refractivity contribution >= 4 is 26.7 Å². The molecule has 0 nitrogen and oxygen atoms in total. The Balaban J connectivity index is 1.96. The minimum atomic E-state index is 1.13. The summed E-state index contributed by atoms with van der Waals surface area (Å²) < 4.78 is 1.13. The molecule has 0 saturated carbocycles. The van der Waals surface area contributed by atoms with Crippen LogP contribution in [0.4, 0.5) is 0 Å². The lowest BCUT2D eigenvalue weighted by molar-refractivity contribution is 0.808. The molecule has 0 unspecified atom stereocenters. The van der Waals surface area contributed by atoms with Gasteiger partial charge in [0.05, 0.1) is 0 Å². The molecule has 1 aliphatic carbocycles. The van der Waals surface area contributed by atoms with Crippen LogP contribution in [0.15, 0.2) is 59.1 Å². The van der Waals surface area contributed by atoms with Crippen molar-refractivity contribution in [3.63, 3.8) is 0 Å². The maximum atomic E-state index is 3.50. The van der Waals surface area contributed by atoms with E-state index in [1.54, 1.807) is 0 Å². The second kappa shape index (κ2) is 4.75. The van der Waals surface area contributed by atoms with E-state index < -0.39 is 0 Å². The maximum absolute atomic E-state index is 3.50. The largest absolute Gasteiger partial charge is 0.0614 e. The Morgan fingerprint density at radius 3 is 2.40 bits per heavy atom. The van der Waals surface area contributed by atoms with E-state index in [0.29, 0.717) is 0 Å². The van der Waals surface area contributed by atoms with Gasteiger partial charge in [-0.2, -0.15) is 0 Å². The van der Waals surface area contributed by atoms with Crippen LogP contribution in [0.5, 0.6) is 0 Å². The summed E-state index contributed by atoms with van der Waals surface area (Å²) in [4.78, 5) is 0. The Labute approximate surface area is 127 Å². The molecule has 1 heteroatoms. The highest BCUT2D eigenvalue weighted by atomic mass is 79.9. The number of hydrogen-bond donors (Lipinski definition) is 0. The van der Waals surface area contributed by atoms with Crippen molar-refractivity contribution in [1.82, 2.24) is 0 Å². The topological polar surface area (TPSA) is 0 Å². The van der Waals surface area contributed by atoms with E-state index in [4.69, 9.17) is 0 Å². The number of aryl methyl sites for hydroxylation is 2. The Kier molecular flexibility index (Phi) is 2.89. The zero-order valence-electron chi connectivity index (χ0n) is 11.2. The van der Waals surface area contributed by atoms with Crippen LogP contribution in [0.3, 0.4) is 0 Å². The van der Waals surface area contributed by atoms with E-state index in [-0.39, 0.29) is 0 Å². The molecule has 0 saturated heterocycles. The Morgan fingerprint density at radius 2 is 1.55 bits per heavy atom. The first kappa shape index (κ1) is 12.2. The fourth-order valence-electron chi connectivity index (χ4n) is 3.28. The molecule has 0 atom stereocenters. The van der Waals surface area contributed by atoms with Gasteiger partial charge >= 0.3 is 0 Å². The van der Waals surface area contributed by atoms with E-state index in [2.05, 4.69) is 70.5 Å². The summed E-state index contributed by atoms with van der Waals surface area (Å²) in [5.41, 5.74) is 5.66. The first-order valence-electron chi connectivity index (χ1n) is 7.12. The van der Waals surface area contributed by atoms with E-state index in [1.165, 1.54) is 52.3 Å². The lowest BCUT2D eigenvalue weighted by Gasteiger charge is -2.18. The summed E-state index contributed by atoms with van der Waals surface area (Å²) in [5, 5.41) is 2.89. The molecule has 0 radical (unpaired) electrons. The molecule has 0 heterocycles. The molecule has 3 aromatic carbocycles. The van der Waals surface area contributed by atoms with Gasteiger partial charge in [0.2, 0.25) is 0 Å². The summed E-state index contributed by atoms with van der Waals surface area (Å²) in [6.45, 7) is 0. The summed E-state index contributed by atoms with van der Waals surface area (Å²) in [6.07, 6.45) is 3.70. The van der Waals surface area contributed by atoms with Gasteiger partial charge in [0.1, 0.15) is 0 Å². The first-order chi connectivity index (χ1) is 9.81. The lowest BCUT2D eigenvalue weighted by Crippen LogP contribution is -2.01. The highest BCUT2D eigenvalue weighted by Crippen LogP contribution is 2.34. The van der Waals surface area contributed by atoms with E-state index in [1.807, 2.05) is 0 Å². The molecule has 0 fully saturated rings. The van der Waals surface area contributed by atoms with Crippen molar-refractivity contribution in [3.05, 3.63) is 70.2 Å². The third kappa shape index (κ3) is 1.97. The van der Waals surface area contributed by atoms with Gasteiger partial charge in [-0.1, -0.05) is 52.3 Å². The monoisotopic (exact) mass is 322 g/mol. The highest BCUT2D eigenvalue weighted by molar-refractivity contribution is 9.10. The van der Waals surface area contributed by atoms with E-state index >= 15 is 0 Å². The summed E-state index contributed by atoms with van der Waals surface area (Å²) in [5.74, 6) is 0. The van der Waals surface area contributed by atoms with Gasteiger partial charge in [0.25, 0.3) is 0 Å². The number of benzene rings is 3. The average molecular weight is 323 g/mol. The molecular formula is C19H15Br. The second-order valence-electron chi connectivity index (χ2n) is 5.51. The van der Waals surface area contributed by atoms with Crippen LogP contribution in [-0.4, -0.2) is 0 Å². The molecule has 0 N–H and O–H groups in total. The molecule has 0 aliphatic heterocycles. The van der Waals surface area contributed by atoms with Crippen LogP contribution >= 0.6 is 15.9 Å². The number of halogens is 1. The minimum Gasteiger partial charge on any atom is -0.0614 e. The molecule has 1 aliphatic rings. The molecular weight excluding hydrogens is 308 g/mol. The van der Waals surface area contributed by atoms with Crippen LogP contribution in [0, 0.1) is 0 Å². The third-order valence-corrected chi connectivity index (χ3v) is 4.74. The fourth-order valence-corrected chi connectivity index (χ4v) is 3.55. The Hall–Kier alpha value is -1.60. The van der Waals surface area contributed by atoms with Crippen molar-refractivity contribution in [2.45, 2.75) is 19.3 Å². The predicted octanol–water partition coefficient (Wildman–Crippen LogP) is 5.76. The molecule has 0 amide bonds. The standard InChI is InChI=1S/C19H15Br/c20-18-9-7-13(8-10-18)17-11-15-5-1-3-14-4-2-6-16(12-17)19(14)15/h1,3,5,7-12H,2,4,6H2. The Bertz CT molecular complexity index is 785. The molecule has 0 spiro atoms. The van der Waals surface area contributed by atoms with Crippen molar-refractivity contribution < 1.29 is 0 Å². The van der Waals surface area contributed by atoms with Gasteiger partial charge in [-0.15, -0.1) is 0 Å². The lowest BCUT2D eigenvalue weighted by atomic mass is 9.86. The van der Waals surface area contributed by atoms with E-state index in [9.17, 15) is 0 Å². The molecule has 3 aromatic rings. The summed E-state index contributed by atoms with van der Waals surface area (Å²) in [7, 11) is 0. The SMILES string of the molecule is Brc1ccc(-c2cc3c4c(cccc4c2)CCC3)cc1. The average Bonchev–Trinajstić information content (AvgIpc) is 2.48. The minimum absolute atomic E-state index is 1.13. The summed E-state index contributed by atoms with van der Waals surface area (Å²) >= 11 is 3.50.